The fraction of sp³-hybridized carbons (Fsp3) is 0.429. The van der Waals surface area contributed by atoms with E-state index < -0.39 is 8.96 Å². The lowest BCUT2D eigenvalue weighted by molar-refractivity contribution is 0.487. The molecule has 0 saturated heterocycles. The van der Waals surface area contributed by atoms with Gasteiger partial charge in [-0.3, -0.25) is 0 Å². The molecule has 1 nitrogen and oxygen atoms in total. The van der Waals surface area contributed by atoms with Gasteiger partial charge in [0.2, 0.25) is 0 Å². The lowest BCUT2D eigenvalue weighted by Crippen LogP contribution is -2.45. The monoisotopic (exact) mass is 232 g/mol. The molecule has 0 aliphatic heterocycles. The van der Waals surface area contributed by atoms with Crippen molar-refractivity contribution in [3.8, 4) is 0 Å². The molecular formula is C14H22NSi. The number of hydrogen-bond donors (Lipinski definition) is 0. The first-order valence-corrected chi connectivity index (χ1v) is 7.89. The summed E-state index contributed by atoms with van der Waals surface area (Å²) >= 11 is 0. The van der Waals surface area contributed by atoms with Gasteiger partial charge < -0.3 is 4.57 Å². The molecule has 2 heteroatoms. The second-order valence-electron chi connectivity index (χ2n) is 4.12. The Morgan fingerprint density at radius 1 is 1.31 bits per heavy atom. The van der Waals surface area contributed by atoms with E-state index in [1.165, 1.54) is 10.8 Å². The zero-order valence-electron chi connectivity index (χ0n) is 10.9. The molecule has 0 N–H and O–H groups in total. The number of allylic oxidation sites excluding steroid dienone is 1. The lowest BCUT2D eigenvalue weighted by Gasteiger charge is -2.25. The van der Waals surface area contributed by atoms with Crippen LogP contribution in [0.25, 0.3) is 5.57 Å². The molecule has 0 bridgehead atoms. The molecular weight excluding hydrogens is 210 g/mol. The van der Waals surface area contributed by atoms with E-state index in [2.05, 4.69) is 62.7 Å². The van der Waals surface area contributed by atoms with Gasteiger partial charge in [-0.2, -0.15) is 0 Å². The lowest BCUT2D eigenvalue weighted by atomic mass is 10.1. The highest BCUT2D eigenvalue weighted by atomic mass is 28.3. The van der Waals surface area contributed by atoms with Crippen molar-refractivity contribution < 1.29 is 0 Å². The van der Waals surface area contributed by atoms with Crippen LogP contribution in [0.1, 0.15) is 26.3 Å². The highest BCUT2D eigenvalue weighted by Gasteiger charge is 2.15. The summed E-state index contributed by atoms with van der Waals surface area (Å²) in [5, 5.41) is 1.48. The van der Waals surface area contributed by atoms with Crippen molar-refractivity contribution in [1.82, 2.24) is 4.57 Å². The number of rotatable bonds is 5. The summed E-state index contributed by atoms with van der Waals surface area (Å²) in [7, 11) is -0.570. The third-order valence-corrected chi connectivity index (χ3v) is 5.74. The minimum atomic E-state index is -0.570. The highest BCUT2D eigenvalue weighted by Crippen LogP contribution is 2.09. The van der Waals surface area contributed by atoms with E-state index in [4.69, 9.17) is 0 Å². The molecule has 0 fully saturated rings. The van der Waals surface area contributed by atoms with E-state index >= 15 is 0 Å². The van der Waals surface area contributed by atoms with Crippen molar-refractivity contribution in [1.29, 1.82) is 0 Å². The Morgan fingerprint density at radius 2 is 1.94 bits per heavy atom. The van der Waals surface area contributed by atoms with Gasteiger partial charge in [0.05, 0.1) is 0 Å². The molecule has 0 amide bonds. The Bertz CT molecular complexity index is 356. The van der Waals surface area contributed by atoms with Gasteiger partial charge in [0.15, 0.2) is 8.96 Å². The van der Waals surface area contributed by atoms with E-state index in [1.807, 2.05) is 0 Å². The minimum Gasteiger partial charge on any atom is -0.321 e. The van der Waals surface area contributed by atoms with E-state index in [1.54, 1.807) is 0 Å². The summed E-state index contributed by atoms with van der Waals surface area (Å²) in [6.07, 6.45) is 0. The van der Waals surface area contributed by atoms with Crippen molar-refractivity contribution in [2.24, 2.45) is 0 Å². The van der Waals surface area contributed by atoms with Gasteiger partial charge in [-0.25, -0.2) is 0 Å². The molecule has 0 aromatic heterocycles. The van der Waals surface area contributed by atoms with Crippen LogP contribution < -0.4 is 5.19 Å². The summed E-state index contributed by atoms with van der Waals surface area (Å²) < 4.78 is 2.56. The summed E-state index contributed by atoms with van der Waals surface area (Å²) in [5.41, 5.74) is 2.42. The van der Waals surface area contributed by atoms with Gasteiger partial charge in [-0.15, -0.1) is 0 Å². The quantitative estimate of drug-likeness (QED) is 0.706. The molecule has 87 valence electrons. The van der Waals surface area contributed by atoms with Crippen molar-refractivity contribution >= 4 is 19.7 Å². The zero-order chi connectivity index (χ0) is 12.1. The Morgan fingerprint density at radius 3 is 2.44 bits per heavy atom. The molecule has 1 radical (unpaired) electrons. The van der Waals surface area contributed by atoms with E-state index in [-0.39, 0.29) is 0 Å². The molecule has 0 saturated carbocycles. The molecule has 1 aromatic rings. The second kappa shape index (κ2) is 6.02. The van der Waals surface area contributed by atoms with Crippen LogP contribution >= 0.6 is 0 Å². The van der Waals surface area contributed by atoms with E-state index in [0.717, 1.165) is 18.7 Å². The Labute approximate surface area is 101 Å². The maximum atomic E-state index is 4.01. The normalized spacial score (nSPS) is 11.1. The van der Waals surface area contributed by atoms with Crippen LogP contribution in [0, 0.1) is 0 Å². The van der Waals surface area contributed by atoms with Gasteiger partial charge in [0.1, 0.15) is 0 Å². The van der Waals surface area contributed by atoms with Crippen LogP contribution in [0.2, 0.25) is 6.55 Å². The summed E-state index contributed by atoms with van der Waals surface area (Å²) in [5.74, 6) is 0. The van der Waals surface area contributed by atoms with Crippen LogP contribution in [0.4, 0.5) is 0 Å². The number of benzene rings is 1. The maximum Gasteiger partial charge on any atom is 0.169 e. The molecule has 0 heterocycles. The van der Waals surface area contributed by atoms with E-state index in [9.17, 15) is 0 Å². The Balaban J connectivity index is 2.94. The van der Waals surface area contributed by atoms with Crippen molar-refractivity contribution in [3.05, 3.63) is 36.4 Å². The van der Waals surface area contributed by atoms with Gasteiger partial charge in [0.25, 0.3) is 0 Å². The second-order valence-corrected chi connectivity index (χ2v) is 6.50. The standard InChI is InChI=1S/C14H22NSi/c1-6-15(7-2)16(5)14-10-8-9-13(11-14)12(3)4/h8-11H,3,6-7H2,1-2,4-5H3. The first kappa shape index (κ1) is 13.2. The smallest absolute Gasteiger partial charge is 0.169 e. The third-order valence-electron chi connectivity index (χ3n) is 3.01. The Kier molecular flexibility index (Phi) is 4.96. The third kappa shape index (κ3) is 3.06. The van der Waals surface area contributed by atoms with Gasteiger partial charge >= 0.3 is 0 Å². The van der Waals surface area contributed by atoms with Crippen LogP contribution in [-0.4, -0.2) is 26.6 Å². The molecule has 1 aromatic carbocycles. The van der Waals surface area contributed by atoms with E-state index in [0.29, 0.717) is 0 Å². The minimum absolute atomic E-state index is 0.570. The summed E-state index contributed by atoms with van der Waals surface area (Å²) in [4.78, 5) is 0. The summed E-state index contributed by atoms with van der Waals surface area (Å²) in [6, 6.07) is 8.84. The van der Waals surface area contributed by atoms with Crippen LogP contribution in [0.15, 0.2) is 30.8 Å². The maximum absolute atomic E-state index is 4.01. The molecule has 1 rings (SSSR count). The average molecular weight is 232 g/mol. The SMILES string of the molecule is C=C(C)c1cccc([Si](C)N(CC)CC)c1. The van der Waals surface area contributed by atoms with Crippen LogP contribution in [0.5, 0.6) is 0 Å². The predicted molar refractivity (Wildman–Crippen MR) is 75.3 cm³/mol. The predicted octanol–water partition coefficient (Wildman–Crippen LogP) is 2.89. The first-order valence-electron chi connectivity index (χ1n) is 5.95. The van der Waals surface area contributed by atoms with Gasteiger partial charge in [-0.05, 0) is 30.8 Å². The molecule has 0 aliphatic carbocycles. The van der Waals surface area contributed by atoms with Gasteiger partial charge in [0, 0.05) is 0 Å². The molecule has 16 heavy (non-hydrogen) atoms. The first-order chi connectivity index (χ1) is 7.60. The van der Waals surface area contributed by atoms with Crippen molar-refractivity contribution in [3.63, 3.8) is 0 Å². The Hall–Kier alpha value is -0.863. The average Bonchev–Trinajstić information content (AvgIpc) is 2.30. The molecule has 0 atom stereocenters. The van der Waals surface area contributed by atoms with Crippen molar-refractivity contribution in [2.45, 2.75) is 27.3 Å². The number of nitrogens with zero attached hydrogens (tertiary/aromatic N) is 1. The molecule has 0 unspecified atom stereocenters. The van der Waals surface area contributed by atoms with Crippen LogP contribution in [-0.2, 0) is 0 Å². The topological polar surface area (TPSA) is 3.24 Å². The fourth-order valence-corrected chi connectivity index (χ4v) is 3.91. The number of hydrogen-bond acceptors (Lipinski definition) is 1. The van der Waals surface area contributed by atoms with Crippen LogP contribution in [0.3, 0.4) is 0 Å². The largest absolute Gasteiger partial charge is 0.321 e. The van der Waals surface area contributed by atoms with Gasteiger partial charge in [-0.1, -0.05) is 56.8 Å². The zero-order valence-corrected chi connectivity index (χ0v) is 11.9. The molecule has 0 spiro atoms. The fourth-order valence-electron chi connectivity index (χ4n) is 1.89. The van der Waals surface area contributed by atoms with Crippen molar-refractivity contribution in [2.75, 3.05) is 13.1 Å². The molecule has 0 aliphatic rings. The highest BCUT2D eigenvalue weighted by molar-refractivity contribution is 6.69. The summed E-state index contributed by atoms with van der Waals surface area (Å²) in [6.45, 7) is 15.2.